The predicted octanol–water partition coefficient (Wildman–Crippen LogP) is 3.21. The number of hydrogen-bond donors (Lipinski definition) is 1. The molecule has 2 aliphatic rings. The van der Waals surface area contributed by atoms with E-state index >= 15 is 0 Å². The number of nitrogens with zero attached hydrogens (tertiary/aromatic N) is 3. The number of hydrogen-bond acceptors (Lipinski definition) is 4. The number of carboxylic acid groups (broad SMARTS) is 1. The van der Waals surface area contributed by atoms with Gasteiger partial charge in [-0.2, -0.15) is 13.2 Å². The summed E-state index contributed by atoms with van der Waals surface area (Å²) in [6, 6.07) is 14.1. The maximum Gasteiger partial charge on any atom is 0.490 e. The van der Waals surface area contributed by atoms with E-state index in [4.69, 9.17) is 9.90 Å². The molecule has 1 amide bonds. The Kier molecular flexibility index (Phi) is 6.97. The molecule has 1 spiro atoms. The maximum absolute atomic E-state index is 13.1. The highest BCUT2D eigenvalue weighted by atomic mass is 19.4. The number of piperidine rings is 1. The first kappa shape index (κ1) is 24.5. The fourth-order valence-corrected chi connectivity index (χ4v) is 4.33. The molecule has 0 saturated carbocycles. The minimum absolute atomic E-state index is 0.0584. The van der Waals surface area contributed by atoms with E-state index in [-0.39, 0.29) is 16.9 Å². The number of anilines is 1. The van der Waals surface area contributed by atoms with E-state index < -0.39 is 12.1 Å². The van der Waals surface area contributed by atoms with Crippen LogP contribution in [-0.4, -0.2) is 52.3 Å². The number of β-lactam (4-membered cyclic amide) rings is 1. The first-order valence-corrected chi connectivity index (χ1v) is 10.5. The number of pyridine rings is 1. The third-order valence-corrected chi connectivity index (χ3v) is 6.22. The van der Waals surface area contributed by atoms with Crippen LogP contribution in [0.4, 0.5) is 18.9 Å². The van der Waals surface area contributed by atoms with E-state index in [9.17, 15) is 22.8 Å². The molecule has 4 rings (SSSR count). The Morgan fingerprint density at radius 2 is 1.73 bits per heavy atom. The Morgan fingerprint density at radius 1 is 1.09 bits per heavy atom. The van der Waals surface area contributed by atoms with E-state index in [1.807, 2.05) is 11.0 Å². The molecule has 2 aromatic rings. The van der Waals surface area contributed by atoms with Crippen molar-refractivity contribution in [2.45, 2.75) is 32.0 Å². The van der Waals surface area contributed by atoms with E-state index in [1.54, 1.807) is 19.3 Å². The Hall–Kier alpha value is -3.14. The third-order valence-electron chi connectivity index (χ3n) is 6.22. The van der Waals surface area contributed by atoms with Gasteiger partial charge < -0.3 is 14.6 Å². The second-order valence-electron chi connectivity index (χ2n) is 8.47. The van der Waals surface area contributed by atoms with Gasteiger partial charge in [-0.25, -0.2) is 4.79 Å². The molecule has 10 heteroatoms. The van der Waals surface area contributed by atoms with Crippen molar-refractivity contribution in [1.29, 1.82) is 0 Å². The number of alkyl halides is 3. The van der Waals surface area contributed by atoms with Crippen molar-refractivity contribution in [2.75, 3.05) is 24.5 Å². The molecule has 0 bridgehead atoms. The Labute approximate surface area is 189 Å². The van der Waals surface area contributed by atoms with Crippen LogP contribution in [0.25, 0.3) is 0 Å². The zero-order chi connectivity index (χ0) is 24.4. The van der Waals surface area contributed by atoms with E-state index in [0.29, 0.717) is 6.04 Å². The molecule has 1 aromatic heterocycles. The number of benzene rings is 1. The minimum atomic E-state index is -5.08. The van der Waals surface area contributed by atoms with Crippen molar-refractivity contribution in [1.82, 2.24) is 9.47 Å². The topological polar surface area (TPSA) is 82.8 Å². The molecule has 33 heavy (non-hydrogen) atoms. The molecule has 7 nitrogen and oxygen atoms in total. The number of carboxylic acids is 1. The summed E-state index contributed by atoms with van der Waals surface area (Å²) in [7, 11) is 1.72. The molecular formula is C23H26F3N3O4. The highest BCUT2D eigenvalue weighted by Crippen LogP contribution is 2.44. The van der Waals surface area contributed by atoms with Crippen molar-refractivity contribution >= 4 is 17.6 Å². The lowest BCUT2D eigenvalue weighted by Crippen LogP contribution is -2.67. The molecule has 2 aliphatic heterocycles. The van der Waals surface area contributed by atoms with Gasteiger partial charge in [0.05, 0.1) is 11.1 Å². The number of halogens is 3. The van der Waals surface area contributed by atoms with Crippen LogP contribution >= 0.6 is 0 Å². The minimum Gasteiger partial charge on any atom is -0.475 e. The second kappa shape index (κ2) is 9.38. The summed E-state index contributed by atoms with van der Waals surface area (Å²) in [4.78, 5) is 37.8. The van der Waals surface area contributed by atoms with Gasteiger partial charge in [0, 0.05) is 38.4 Å². The van der Waals surface area contributed by atoms with Gasteiger partial charge in [0.15, 0.2) is 0 Å². The summed E-state index contributed by atoms with van der Waals surface area (Å²) in [5.74, 6) is -2.56. The smallest absolute Gasteiger partial charge is 0.475 e. The lowest BCUT2D eigenvalue weighted by molar-refractivity contribution is -0.192. The molecule has 1 aromatic carbocycles. The first-order valence-electron chi connectivity index (χ1n) is 10.5. The molecule has 1 N–H and O–H groups in total. The van der Waals surface area contributed by atoms with Gasteiger partial charge >= 0.3 is 12.1 Å². The normalized spacial score (nSPS) is 21.7. The fourth-order valence-electron chi connectivity index (χ4n) is 4.33. The molecule has 178 valence electrons. The molecule has 2 atom stereocenters. The fraction of sp³-hybridized carbons (Fsp3) is 0.435. The summed E-state index contributed by atoms with van der Waals surface area (Å²) in [5.41, 5.74) is 1.79. The van der Waals surface area contributed by atoms with Crippen molar-refractivity contribution in [2.24, 2.45) is 12.5 Å². The SMILES string of the molecule is CC(c1ccccc1)N1CCCC2(CN(c3ccc(=O)n(C)c3)C2=O)C1.O=C(O)C(F)(F)F. The number of amides is 1. The van der Waals surface area contributed by atoms with Crippen LogP contribution in [-0.2, 0) is 16.6 Å². The largest absolute Gasteiger partial charge is 0.490 e. The lowest BCUT2D eigenvalue weighted by atomic mass is 9.71. The van der Waals surface area contributed by atoms with Gasteiger partial charge in [-0.05, 0) is 37.9 Å². The Bertz CT molecular complexity index is 1070. The Balaban J connectivity index is 0.000000383. The van der Waals surface area contributed by atoms with Crippen molar-refractivity contribution in [3.05, 3.63) is 64.6 Å². The number of likely N-dealkylation sites (tertiary alicyclic amines) is 1. The number of aromatic nitrogens is 1. The van der Waals surface area contributed by atoms with Crippen LogP contribution in [0.3, 0.4) is 0 Å². The molecule has 0 radical (unpaired) electrons. The number of carbonyl (C=O) groups excluding carboxylic acids is 1. The van der Waals surface area contributed by atoms with Gasteiger partial charge in [0.2, 0.25) is 11.5 Å². The third kappa shape index (κ3) is 5.27. The van der Waals surface area contributed by atoms with Crippen LogP contribution in [0, 0.1) is 5.41 Å². The lowest BCUT2D eigenvalue weighted by Gasteiger charge is -2.54. The van der Waals surface area contributed by atoms with Crippen LogP contribution in [0.15, 0.2) is 53.5 Å². The van der Waals surface area contributed by atoms with Gasteiger partial charge in [0.1, 0.15) is 0 Å². The van der Waals surface area contributed by atoms with E-state index in [1.165, 1.54) is 16.2 Å². The van der Waals surface area contributed by atoms with Crippen molar-refractivity contribution in [3.63, 3.8) is 0 Å². The van der Waals surface area contributed by atoms with Crippen LogP contribution in [0.5, 0.6) is 0 Å². The average molecular weight is 465 g/mol. The summed E-state index contributed by atoms with van der Waals surface area (Å²) in [5, 5.41) is 7.12. The zero-order valence-electron chi connectivity index (χ0n) is 18.4. The predicted molar refractivity (Wildman–Crippen MR) is 116 cm³/mol. The summed E-state index contributed by atoms with van der Waals surface area (Å²) >= 11 is 0. The number of aryl methyl sites for hydroxylation is 1. The highest BCUT2D eigenvalue weighted by Gasteiger charge is 2.54. The Morgan fingerprint density at radius 3 is 2.27 bits per heavy atom. The van der Waals surface area contributed by atoms with Gasteiger partial charge in [-0.3, -0.25) is 14.5 Å². The summed E-state index contributed by atoms with van der Waals surface area (Å²) < 4.78 is 33.3. The summed E-state index contributed by atoms with van der Waals surface area (Å²) in [6.45, 7) is 4.80. The molecule has 2 fully saturated rings. The number of carbonyl (C=O) groups is 2. The average Bonchev–Trinajstić information content (AvgIpc) is 2.79. The standard InChI is InChI=1S/C21H25N3O2.C2HF3O2/c1-16(17-7-4-3-5-8-17)23-12-6-11-21(14-23)15-24(20(21)26)18-9-10-19(25)22(2)13-18;3-2(4,5)1(6)7/h3-5,7-10,13,16H,6,11-12,14-15H2,1-2H3;(H,6,7). The molecule has 2 saturated heterocycles. The molecule has 2 unspecified atom stereocenters. The molecular weight excluding hydrogens is 439 g/mol. The molecule has 0 aliphatic carbocycles. The van der Waals surface area contributed by atoms with Gasteiger partial charge in [-0.15, -0.1) is 0 Å². The molecule has 3 heterocycles. The summed E-state index contributed by atoms with van der Waals surface area (Å²) in [6.07, 6.45) is -1.34. The van der Waals surface area contributed by atoms with E-state index in [2.05, 4.69) is 36.1 Å². The van der Waals surface area contributed by atoms with Gasteiger partial charge in [0.25, 0.3) is 0 Å². The van der Waals surface area contributed by atoms with Gasteiger partial charge in [-0.1, -0.05) is 30.3 Å². The highest BCUT2D eigenvalue weighted by molar-refractivity contribution is 6.04. The zero-order valence-corrected chi connectivity index (χ0v) is 18.4. The van der Waals surface area contributed by atoms with Crippen molar-refractivity contribution in [3.8, 4) is 0 Å². The van der Waals surface area contributed by atoms with Crippen LogP contribution in [0.1, 0.15) is 31.4 Å². The number of aliphatic carboxylic acids is 1. The maximum atomic E-state index is 13.1. The quantitative estimate of drug-likeness (QED) is 0.704. The monoisotopic (exact) mass is 465 g/mol. The first-order chi connectivity index (χ1) is 15.4. The number of rotatable bonds is 3. The van der Waals surface area contributed by atoms with Crippen LogP contribution in [0.2, 0.25) is 0 Å². The van der Waals surface area contributed by atoms with Crippen molar-refractivity contribution < 1.29 is 27.9 Å². The van der Waals surface area contributed by atoms with E-state index in [0.717, 1.165) is 38.2 Å². The second-order valence-corrected chi connectivity index (χ2v) is 8.47. The van der Waals surface area contributed by atoms with Crippen LogP contribution < -0.4 is 10.5 Å².